The molecule has 0 N–H and O–H groups in total. The smallest absolute Gasteiger partial charge is 0.159 e. The highest BCUT2D eigenvalue weighted by Gasteiger charge is 2.13. The molecule has 2 aromatic rings. The lowest BCUT2D eigenvalue weighted by Crippen LogP contribution is -2.18. The maximum Gasteiger partial charge on any atom is 0.159 e. The van der Waals surface area contributed by atoms with E-state index in [1.807, 2.05) is 30.5 Å². The van der Waals surface area contributed by atoms with Crippen molar-refractivity contribution in [2.24, 2.45) is 4.99 Å². The number of carbonyl (C=O) groups excluding carboxylic acids is 1. The van der Waals surface area contributed by atoms with Crippen molar-refractivity contribution < 1.29 is 4.79 Å². The van der Waals surface area contributed by atoms with Gasteiger partial charge in [0.05, 0.1) is 5.69 Å². The molecule has 0 radical (unpaired) electrons. The van der Waals surface area contributed by atoms with Crippen LogP contribution in [-0.2, 0) is 0 Å². The first-order chi connectivity index (χ1) is 11.1. The van der Waals surface area contributed by atoms with Gasteiger partial charge in [0.15, 0.2) is 5.78 Å². The monoisotopic (exact) mass is 306 g/mol. The van der Waals surface area contributed by atoms with E-state index in [9.17, 15) is 4.79 Å². The second-order valence-corrected chi connectivity index (χ2v) is 6.10. The van der Waals surface area contributed by atoms with Gasteiger partial charge in [0.25, 0.3) is 0 Å². The van der Waals surface area contributed by atoms with Crippen LogP contribution in [0, 0.1) is 6.92 Å². The summed E-state index contributed by atoms with van der Waals surface area (Å²) < 4.78 is 0. The molecule has 118 valence electrons. The number of Topliss-reactive ketones (excluding diaryl/α,β-unsaturated/α-hetero) is 1. The van der Waals surface area contributed by atoms with Crippen molar-refractivity contribution in [2.45, 2.75) is 26.7 Å². The second-order valence-electron chi connectivity index (χ2n) is 6.10. The number of hydrogen-bond donors (Lipinski definition) is 0. The highest BCUT2D eigenvalue weighted by Crippen LogP contribution is 2.25. The summed E-state index contributed by atoms with van der Waals surface area (Å²) in [6, 6.07) is 13.9. The molecule has 2 aromatic carbocycles. The lowest BCUT2D eigenvalue weighted by Gasteiger charge is -2.20. The van der Waals surface area contributed by atoms with Gasteiger partial charge in [0.1, 0.15) is 0 Å². The van der Waals surface area contributed by atoms with E-state index in [1.54, 1.807) is 6.92 Å². The molecular formula is C20H22N2O. The summed E-state index contributed by atoms with van der Waals surface area (Å²) in [4.78, 5) is 18.4. The molecule has 0 atom stereocenters. The first-order valence-corrected chi connectivity index (χ1v) is 8.14. The molecule has 23 heavy (non-hydrogen) atoms. The highest BCUT2D eigenvalue weighted by molar-refractivity contribution is 5.95. The van der Waals surface area contributed by atoms with Gasteiger partial charge in [-0.1, -0.05) is 18.2 Å². The van der Waals surface area contributed by atoms with Crippen LogP contribution in [-0.4, -0.2) is 25.1 Å². The van der Waals surface area contributed by atoms with E-state index in [-0.39, 0.29) is 5.78 Å². The average molecular weight is 306 g/mol. The molecule has 0 saturated carbocycles. The first kappa shape index (κ1) is 15.5. The normalized spacial score (nSPS) is 14.6. The van der Waals surface area contributed by atoms with Crippen LogP contribution in [0.2, 0.25) is 0 Å². The van der Waals surface area contributed by atoms with Crippen molar-refractivity contribution in [2.75, 3.05) is 18.0 Å². The van der Waals surface area contributed by atoms with Crippen molar-refractivity contribution in [1.82, 2.24) is 0 Å². The predicted octanol–water partition coefficient (Wildman–Crippen LogP) is 4.55. The zero-order valence-electron chi connectivity index (χ0n) is 13.7. The summed E-state index contributed by atoms with van der Waals surface area (Å²) in [5.74, 6) is 0.0628. The third-order valence-corrected chi connectivity index (χ3v) is 4.28. The lowest BCUT2D eigenvalue weighted by molar-refractivity contribution is 0.101. The number of anilines is 1. The quantitative estimate of drug-likeness (QED) is 0.613. The molecule has 0 amide bonds. The van der Waals surface area contributed by atoms with E-state index < -0.39 is 0 Å². The average Bonchev–Trinajstić information content (AvgIpc) is 3.07. The molecule has 0 aliphatic carbocycles. The van der Waals surface area contributed by atoms with E-state index in [0.29, 0.717) is 5.56 Å². The number of nitrogens with zero attached hydrogens (tertiary/aromatic N) is 2. The summed E-state index contributed by atoms with van der Waals surface area (Å²) in [7, 11) is 0. The molecule has 0 aromatic heterocycles. The van der Waals surface area contributed by atoms with E-state index in [2.05, 4.69) is 35.0 Å². The fourth-order valence-corrected chi connectivity index (χ4v) is 3.03. The van der Waals surface area contributed by atoms with Gasteiger partial charge < -0.3 is 4.90 Å². The van der Waals surface area contributed by atoms with Crippen LogP contribution in [0.25, 0.3) is 0 Å². The van der Waals surface area contributed by atoms with Crippen LogP contribution in [0.15, 0.2) is 47.5 Å². The van der Waals surface area contributed by atoms with Gasteiger partial charge in [-0.05, 0) is 62.1 Å². The zero-order chi connectivity index (χ0) is 16.2. The van der Waals surface area contributed by atoms with E-state index >= 15 is 0 Å². The number of ketones is 1. The van der Waals surface area contributed by atoms with Crippen LogP contribution >= 0.6 is 0 Å². The maximum absolute atomic E-state index is 11.4. The van der Waals surface area contributed by atoms with E-state index in [1.165, 1.54) is 24.1 Å². The molecule has 0 unspecified atom stereocenters. The zero-order valence-corrected chi connectivity index (χ0v) is 13.7. The van der Waals surface area contributed by atoms with Crippen LogP contribution in [0.3, 0.4) is 0 Å². The van der Waals surface area contributed by atoms with Crippen LogP contribution in [0.1, 0.15) is 41.3 Å². The lowest BCUT2D eigenvalue weighted by atomic mass is 10.1. The molecule has 0 spiro atoms. The van der Waals surface area contributed by atoms with Gasteiger partial charge >= 0.3 is 0 Å². The van der Waals surface area contributed by atoms with Crippen LogP contribution < -0.4 is 4.90 Å². The van der Waals surface area contributed by atoms with Crippen molar-refractivity contribution in [3.8, 4) is 0 Å². The Hall–Kier alpha value is -2.42. The third-order valence-electron chi connectivity index (χ3n) is 4.28. The number of aliphatic imine (C=N–C) groups is 1. The summed E-state index contributed by atoms with van der Waals surface area (Å²) in [6.45, 7) is 6.04. The number of hydrogen-bond acceptors (Lipinski definition) is 3. The highest BCUT2D eigenvalue weighted by atomic mass is 16.1. The number of benzene rings is 2. The number of carbonyl (C=O) groups is 1. The molecular weight excluding hydrogens is 284 g/mol. The van der Waals surface area contributed by atoms with Gasteiger partial charge in [-0.25, -0.2) is 0 Å². The third kappa shape index (κ3) is 3.67. The Morgan fingerprint density at radius 3 is 2.61 bits per heavy atom. The summed E-state index contributed by atoms with van der Waals surface area (Å²) in [6.07, 6.45) is 4.43. The molecule has 3 rings (SSSR count). The van der Waals surface area contributed by atoms with Gasteiger partial charge in [-0.2, -0.15) is 0 Å². The number of rotatable bonds is 4. The Morgan fingerprint density at radius 1 is 1.13 bits per heavy atom. The molecule has 1 saturated heterocycles. The largest absolute Gasteiger partial charge is 0.371 e. The van der Waals surface area contributed by atoms with Crippen molar-refractivity contribution in [1.29, 1.82) is 0 Å². The van der Waals surface area contributed by atoms with Gasteiger partial charge in [0.2, 0.25) is 0 Å². The molecule has 3 heteroatoms. The fraction of sp³-hybridized carbons (Fsp3) is 0.300. The Balaban J connectivity index is 1.78. The summed E-state index contributed by atoms with van der Waals surface area (Å²) in [5, 5.41) is 0. The fourth-order valence-electron chi connectivity index (χ4n) is 3.03. The summed E-state index contributed by atoms with van der Waals surface area (Å²) >= 11 is 0. The minimum atomic E-state index is 0.0628. The SMILES string of the molecule is CC(=O)c1cccc(N=Cc2ccc(N3CCCC3)c(C)c2)c1. The molecule has 0 bridgehead atoms. The maximum atomic E-state index is 11.4. The van der Waals surface area contributed by atoms with Gasteiger partial charge in [-0.3, -0.25) is 9.79 Å². The second kappa shape index (κ2) is 6.78. The Labute approximate surface area is 137 Å². The van der Waals surface area contributed by atoms with Crippen molar-refractivity contribution in [3.05, 3.63) is 59.2 Å². The molecule has 3 nitrogen and oxygen atoms in total. The molecule has 1 aliphatic rings. The first-order valence-electron chi connectivity index (χ1n) is 8.14. The van der Waals surface area contributed by atoms with E-state index in [0.717, 1.165) is 24.3 Å². The minimum Gasteiger partial charge on any atom is -0.371 e. The van der Waals surface area contributed by atoms with Gasteiger partial charge in [0, 0.05) is 30.6 Å². The number of aryl methyl sites for hydroxylation is 1. The standard InChI is InChI=1S/C20H22N2O/c1-15-12-17(8-9-20(15)22-10-3-4-11-22)14-21-19-7-5-6-18(13-19)16(2)23/h5-9,12-14H,3-4,10-11H2,1-2H3. The Kier molecular flexibility index (Phi) is 4.56. The topological polar surface area (TPSA) is 32.7 Å². The van der Waals surface area contributed by atoms with Crippen molar-refractivity contribution >= 4 is 23.4 Å². The Morgan fingerprint density at radius 2 is 1.91 bits per heavy atom. The van der Waals surface area contributed by atoms with Crippen LogP contribution in [0.5, 0.6) is 0 Å². The molecule has 1 aliphatic heterocycles. The van der Waals surface area contributed by atoms with E-state index in [4.69, 9.17) is 0 Å². The van der Waals surface area contributed by atoms with Crippen LogP contribution in [0.4, 0.5) is 11.4 Å². The molecule has 1 heterocycles. The predicted molar refractivity (Wildman–Crippen MR) is 96.3 cm³/mol. The minimum absolute atomic E-state index is 0.0628. The van der Waals surface area contributed by atoms with Gasteiger partial charge in [-0.15, -0.1) is 0 Å². The Bertz CT molecular complexity index is 743. The van der Waals surface area contributed by atoms with Crippen molar-refractivity contribution in [3.63, 3.8) is 0 Å². The summed E-state index contributed by atoms with van der Waals surface area (Å²) in [5.41, 5.74) is 5.20. The molecule has 1 fully saturated rings.